The van der Waals surface area contributed by atoms with Gasteiger partial charge in [-0.05, 0) is 36.6 Å². The Morgan fingerprint density at radius 2 is 1.86 bits per heavy atom. The van der Waals surface area contributed by atoms with Gasteiger partial charge in [0.15, 0.2) is 5.17 Å². The van der Waals surface area contributed by atoms with Crippen molar-refractivity contribution in [2.45, 2.75) is 18.6 Å². The first-order valence-corrected chi connectivity index (χ1v) is 9.85. The fourth-order valence-corrected chi connectivity index (χ4v) is 3.90. The summed E-state index contributed by atoms with van der Waals surface area (Å²) in [5.41, 5.74) is 3.36. The average molecular weight is 389 g/mol. The molecule has 3 aromatic rings. The van der Waals surface area contributed by atoms with Gasteiger partial charge in [0.25, 0.3) is 0 Å². The Bertz CT molecular complexity index is 1040. The monoisotopic (exact) mass is 389 g/mol. The number of aryl methyl sites for hydroxylation is 1. The van der Waals surface area contributed by atoms with E-state index in [1.807, 2.05) is 54.6 Å². The molecule has 1 atom stereocenters. The number of furan rings is 1. The Hall–Kier alpha value is -3.12. The van der Waals surface area contributed by atoms with Gasteiger partial charge in [-0.15, -0.1) is 5.10 Å². The lowest BCUT2D eigenvalue weighted by Gasteiger charge is -2.07. The third-order valence-corrected chi connectivity index (χ3v) is 5.53. The number of carbonyl (C=O) groups is 1. The summed E-state index contributed by atoms with van der Waals surface area (Å²) in [5, 5.41) is 11.3. The average Bonchev–Trinajstić information content (AvgIpc) is 3.31. The van der Waals surface area contributed by atoms with Crippen LogP contribution in [-0.4, -0.2) is 22.5 Å². The highest BCUT2D eigenvalue weighted by atomic mass is 32.2. The topological polar surface area (TPSA) is 67.0 Å². The number of thioether (sulfide) groups is 1. The standard InChI is InChI=1S/C22H19N3O2S/c1-15-7-5-6-10-17(15)13-20-21(26)24-22(28-20)25-23-14-18-11-12-19(27-18)16-8-3-2-4-9-16/h2-12,14,20H,13H2,1H3,(H,24,25,26)/b23-14+. The van der Waals surface area contributed by atoms with E-state index >= 15 is 0 Å². The maximum atomic E-state index is 12.2. The number of hydrogen-bond donors (Lipinski definition) is 1. The number of rotatable bonds is 5. The van der Waals surface area contributed by atoms with E-state index in [9.17, 15) is 4.79 Å². The molecule has 0 spiro atoms. The van der Waals surface area contributed by atoms with Crippen LogP contribution in [0.2, 0.25) is 0 Å². The van der Waals surface area contributed by atoms with Crippen LogP contribution < -0.4 is 5.32 Å². The van der Waals surface area contributed by atoms with Crippen molar-refractivity contribution in [3.8, 4) is 11.3 Å². The van der Waals surface area contributed by atoms with E-state index in [0.717, 1.165) is 11.3 Å². The largest absolute Gasteiger partial charge is 0.455 e. The predicted molar refractivity (Wildman–Crippen MR) is 114 cm³/mol. The van der Waals surface area contributed by atoms with Crippen molar-refractivity contribution >= 4 is 29.1 Å². The van der Waals surface area contributed by atoms with Crippen LogP contribution in [0.15, 0.2) is 81.4 Å². The van der Waals surface area contributed by atoms with Crippen LogP contribution in [0.3, 0.4) is 0 Å². The third-order valence-electron chi connectivity index (χ3n) is 4.46. The van der Waals surface area contributed by atoms with Crippen LogP contribution in [0.4, 0.5) is 0 Å². The van der Waals surface area contributed by atoms with E-state index in [1.165, 1.54) is 22.9 Å². The second-order valence-corrected chi connectivity index (χ2v) is 7.64. The number of nitrogens with one attached hydrogen (secondary N) is 1. The molecule has 1 unspecified atom stereocenters. The second kappa shape index (κ2) is 8.27. The van der Waals surface area contributed by atoms with Crippen LogP contribution in [0, 0.1) is 6.92 Å². The summed E-state index contributed by atoms with van der Waals surface area (Å²) in [5.74, 6) is 1.34. The number of amides is 1. The van der Waals surface area contributed by atoms with Crippen molar-refractivity contribution in [3.63, 3.8) is 0 Å². The molecular formula is C22H19N3O2S. The molecule has 1 aliphatic rings. The Balaban J connectivity index is 1.39. The molecule has 140 valence electrons. The zero-order valence-electron chi connectivity index (χ0n) is 15.3. The quantitative estimate of drug-likeness (QED) is 0.519. The summed E-state index contributed by atoms with van der Waals surface area (Å²) < 4.78 is 5.76. The highest BCUT2D eigenvalue weighted by Crippen LogP contribution is 2.25. The van der Waals surface area contributed by atoms with Crippen LogP contribution in [0.5, 0.6) is 0 Å². The summed E-state index contributed by atoms with van der Waals surface area (Å²) in [6.45, 7) is 2.05. The summed E-state index contributed by atoms with van der Waals surface area (Å²) >= 11 is 1.40. The number of benzene rings is 2. The predicted octanol–water partition coefficient (Wildman–Crippen LogP) is 4.42. The molecule has 4 rings (SSSR count). The number of hydrogen-bond acceptors (Lipinski definition) is 5. The van der Waals surface area contributed by atoms with Gasteiger partial charge >= 0.3 is 0 Å². The molecule has 1 fully saturated rings. The zero-order chi connectivity index (χ0) is 19.3. The molecule has 1 aliphatic heterocycles. The van der Waals surface area contributed by atoms with Gasteiger partial charge in [0, 0.05) is 5.56 Å². The molecule has 1 aromatic heterocycles. The van der Waals surface area contributed by atoms with E-state index in [0.29, 0.717) is 17.3 Å². The maximum Gasteiger partial charge on any atom is 0.239 e. The highest BCUT2D eigenvalue weighted by Gasteiger charge is 2.30. The van der Waals surface area contributed by atoms with Crippen LogP contribution >= 0.6 is 11.8 Å². The Kier molecular flexibility index (Phi) is 5.39. The van der Waals surface area contributed by atoms with Crippen LogP contribution in [-0.2, 0) is 11.2 Å². The molecule has 0 bridgehead atoms. The lowest BCUT2D eigenvalue weighted by Crippen LogP contribution is -2.26. The first kappa shape index (κ1) is 18.3. The molecule has 1 N–H and O–H groups in total. The molecule has 28 heavy (non-hydrogen) atoms. The van der Waals surface area contributed by atoms with Gasteiger partial charge in [-0.1, -0.05) is 66.4 Å². The van der Waals surface area contributed by atoms with Crippen molar-refractivity contribution in [2.24, 2.45) is 10.2 Å². The minimum Gasteiger partial charge on any atom is -0.455 e. The molecular weight excluding hydrogens is 370 g/mol. The van der Waals surface area contributed by atoms with Gasteiger partial charge in [0.1, 0.15) is 11.5 Å². The first-order chi connectivity index (χ1) is 13.7. The molecule has 2 aromatic carbocycles. The lowest BCUT2D eigenvalue weighted by molar-refractivity contribution is -0.118. The zero-order valence-corrected chi connectivity index (χ0v) is 16.1. The van der Waals surface area contributed by atoms with Gasteiger partial charge in [-0.25, -0.2) is 0 Å². The van der Waals surface area contributed by atoms with E-state index in [4.69, 9.17) is 4.42 Å². The number of carbonyl (C=O) groups excluding carboxylic acids is 1. The van der Waals surface area contributed by atoms with Crippen molar-refractivity contribution in [1.82, 2.24) is 5.32 Å². The van der Waals surface area contributed by atoms with Crippen molar-refractivity contribution in [3.05, 3.63) is 83.6 Å². The van der Waals surface area contributed by atoms with E-state index in [-0.39, 0.29) is 11.2 Å². The normalized spacial score (nSPS) is 18.1. The molecule has 1 amide bonds. The summed E-state index contributed by atoms with van der Waals surface area (Å²) in [6.07, 6.45) is 2.21. The van der Waals surface area contributed by atoms with Crippen molar-refractivity contribution in [1.29, 1.82) is 0 Å². The molecule has 0 saturated carbocycles. The number of nitrogens with zero attached hydrogens (tertiary/aromatic N) is 2. The van der Waals surface area contributed by atoms with Gasteiger partial charge in [0.05, 0.1) is 11.5 Å². The Labute approximate surface area is 167 Å². The number of amidine groups is 1. The van der Waals surface area contributed by atoms with Gasteiger partial charge in [0.2, 0.25) is 5.91 Å². The van der Waals surface area contributed by atoms with E-state index < -0.39 is 0 Å². The fourth-order valence-electron chi connectivity index (χ4n) is 2.94. The van der Waals surface area contributed by atoms with Crippen LogP contribution in [0.1, 0.15) is 16.9 Å². The van der Waals surface area contributed by atoms with Gasteiger partial charge < -0.3 is 9.73 Å². The molecule has 5 nitrogen and oxygen atoms in total. The summed E-state index contributed by atoms with van der Waals surface area (Å²) in [6, 6.07) is 21.7. The summed E-state index contributed by atoms with van der Waals surface area (Å²) in [7, 11) is 0. The van der Waals surface area contributed by atoms with Crippen molar-refractivity contribution in [2.75, 3.05) is 0 Å². The maximum absolute atomic E-state index is 12.2. The fraction of sp³-hybridized carbons (Fsp3) is 0.136. The minimum absolute atomic E-state index is 0.0356. The molecule has 0 aliphatic carbocycles. The van der Waals surface area contributed by atoms with E-state index in [2.05, 4.69) is 34.6 Å². The molecule has 0 radical (unpaired) electrons. The summed E-state index contributed by atoms with van der Waals surface area (Å²) in [4.78, 5) is 12.2. The molecule has 2 heterocycles. The lowest BCUT2D eigenvalue weighted by atomic mass is 10.0. The van der Waals surface area contributed by atoms with Gasteiger partial charge in [-0.3, -0.25) is 4.79 Å². The highest BCUT2D eigenvalue weighted by molar-refractivity contribution is 8.15. The molecule has 1 saturated heterocycles. The van der Waals surface area contributed by atoms with Crippen molar-refractivity contribution < 1.29 is 9.21 Å². The first-order valence-electron chi connectivity index (χ1n) is 8.97. The molecule has 6 heteroatoms. The Morgan fingerprint density at radius 1 is 1.07 bits per heavy atom. The second-order valence-electron chi connectivity index (χ2n) is 6.44. The minimum atomic E-state index is -0.191. The van der Waals surface area contributed by atoms with Gasteiger partial charge in [-0.2, -0.15) is 5.10 Å². The smallest absolute Gasteiger partial charge is 0.239 e. The SMILES string of the molecule is Cc1ccccc1CC1S/C(=N/N=C/c2ccc(-c3ccccc3)o2)NC1=O. The van der Waals surface area contributed by atoms with E-state index in [1.54, 1.807) is 6.21 Å². The third kappa shape index (κ3) is 4.23. The van der Waals surface area contributed by atoms with Crippen LogP contribution in [0.25, 0.3) is 11.3 Å². The Morgan fingerprint density at radius 3 is 2.68 bits per heavy atom.